The van der Waals surface area contributed by atoms with Crippen molar-refractivity contribution in [3.8, 4) is 0 Å². The number of ketones is 1. The summed E-state index contributed by atoms with van der Waals surface area (Å²) in [5, 5.41) is 4.87. The van der Waals surface area contributed by atoms with Crippen LogP contribution in [-0.4, -0.2) is 24.1 Å². The van der Waals surface area contributed by atoms with E-state index in [1.54, 1.807) is 6.07 Å². The average Bonchev–Trinajstić information content (AvgIpc) is 2.98. The standard InChI is InChI=1S/C16H15FN2O3S/c1-10(20)14-7-6-13(23-14)8-9-18-15(21)16(22)19-12-4-2-11(17)3-5-12/h2-7H,8-9H2,1H3,(H,18,21)(H,19,22). The van der Waals surface area contributed by atoms with Gasteiger partial charge in [-0.15, -0.1) is 11.3 Å². The maximum atomic E-state index is 12.7. The Labute approximate surface area is 136 Å². The molecule has 2 aromatic rings. The van der Waals surface area contributed by atoms with Crippen molar-refractivity contribution in [2.45, 2.75) is 13.3 Å². The molecule has 120 valence electrons. The molecule has 5 nitrogen and oxygen atoms in total. The van der Waals surface area contributed by atoms with Crippen LogP contribution in [0.15, 0.2) is 36.4 Å². The summed E-state index contributed by atoms with van der Waals surface area (Å²) < 4.78 is 12.7. The van der Waals surface area contributed by atoms with E-state index >= 15 is 0 Å². The van der Waals surface area contributed by atoms with Crippen molar-refractivity contribution in [1.82, 2.24) is 5.32 Å². The lowest BCUT2D eigenvalue weighted by atomic mass is 10.3. The van der Waals surface area contributed by atoms with Gasteiger partial charge in [0.2, 0.25) is 0 Å². The first-order chi connectivity index (χ1) is 11.0. The van der Waals surface area contributed by atoms with Gasteiger partial charge in [0.1, 0.15) is 5.82 Å². The van der Waals surface area contributed by atoms with Gasteiger partial charge in [-0.05, 0) is 49.7 Å². The second kappa shape index (κ2) is 7.64. The van der Waals surface area contributed by atoms with Crippen molar-refractivity contribution in [1.29, 1.82) is 0 Å². The fourth-order valence-electron chi connectivity index (χ4n) is 1.80. The molecule has 1 aromatic heterocycles. The molecule has 0 aliphatic rings. The minimum absolute atomic E-state index is 0.00367. The molecule has 23 heavy (non-hydrogen) atoms. The van der Waals surface area contributed by atoms with Crippen LogP contribution in [-0.2, 0) is 16.0 Å². The Kier molecular flexibility index (Phi) is 5.59. The van der Waals surface area contributed by atoms with Gasteiger partial charge >= 0.3 is 11.8 Å². The van der Waals surface area contributed by atoms with Crippen LogP contribution in [0.4, 0.5) is 10.1 Å². The Morgan fingerprint density at radius 1 is 1.04 bits per heavy atom. The van der Waals surface area contributed by atoms with Crippen LogP contribution in [0.1, 0.15) is 21.5 Å². The molecule has 1 aromatic carbocycles. The maximum Gasteiger partial charge on any atom is 0.313 e. The highest BCUT2D eigenvalue weighted by Crippen LogP contribution is 2.17. The second-order valence-electron chi connectivity index (χ2n) is 4.79. The number of carbonyl (C=O) groups is 3. The molecule has 2 rings (SSSR count). The van der Waals surface area contributed by atoms with Crippen molar-refractivity contribution < 1.29 is 18.8 Å². The van der Waals surface area contributed by atoms with E-state index in [2.05, 4.69) is 10.6 Å². The summed E-state index contributed by atoms with van der Waals surface area (Å²) in [6, 6.07) is 8.69. The second-order valence-corrected chi connectivity index (χ2v) is 5.96. The summed E-state index contributed by atoms with van der Waals surface area (Å²) >= 11 is 1.37. The molecule has 0 saturated heterocycles. The molecule has 0 atom stereocenters. The van der Waals surface area contributed by atoms with E-state index in [9.17, 15) is 18.8 Å². The third-order valence-corrected chi connectivity index (χ3v) is 4.22. The molecule has 0 aliphatic heterocycles. The number of amides is 2. The van der Waals surface area contributed by atoms with E-state index in [4.69, 9.17) is 0 Å². The van der Waals surface area contributed by atoms with E-state index in [-0.39, 0.29) is 12.3 Å². The van der Waals surface area contributed by atoms with Gasteiger partial charge in [-0.1, -0.05) is 0 Å². The number of nitrogens with one attached hydrogen (secondary N) is 2. The quantitative estimate of drug-likeness (QED) is 0.651. The third kappa shape index (κ3) is 5.00. The molecule has 0 radical (unpaired) electrons. The topological polar surface area (TPSA) is 75.3 Å². The first-order valence-electron chi connectivity index (χ1n) is 6.90. The van der Waals surface area contributed by atoms with Gasteiger partial charge in [0.25, 0.3) is 0 Å². The van der Waals surface area contributed by atoms with Crippen molar-refractivity contribution in [3.05, 3.63) is 52.0 Å². The fraction of sp³-hybridized carbons (Fsp3) is 0.188. The van der Waals surface area contributed by atoms with Crippen molar-refractivity contribution in [2.75, 3.05) is 11.9 Å². The zero-order chi connectivity index (χ0) is 16.8. The predicted molar refractivity (Wildman–Crippen MR) is 86.1 cm³/mol. The van der Waals surface area contributed by atoms with Crippen molar-refractivity contribution >= 4 is 34.6 Å². The highest BCUT2D eigenvalue weighted by atomic mass is 32.1. The lowest BCUT2D eigenvalue weighted by Gasteiger charge is -2.06. The van der Waals surface area contributed by atoms with Crippen molar-refractivity contribution in [2.24, 2.45) is 0 Å². The molecule has 1 heterocycles. The molecule has 0 spiro atoms. The zero-order valence-corrected chi connectivity index (χ0v) is 13.2. The number of hydrogen-bond donors (Lipinski definition) is 2. The first-order valence-corrected chi connectivity index (χ1v) is 7.72. The van der Waals surface area contributed by atoms with Gasteiger partial charge in [-0.3, -0.25) is 14.4 Å². The van der Waals surface area contributed by atoms with Crippen LogP contribution < -0.4 is 10.6 Å². The van der Waals surface area contributed by atoms with Crippen molar-refractivity contribution in [3.63, 3.8) is 0 Å². The number of halogens is 1. The summed E-state index contributed by atoms with van der Waals surface area (Å²) in [6.07, 6.45) is 0.535. The molecule has 0 fully saturated rings. The average molecular weight is 334 g/mol. The Hall–Kier alpha value is -2.54. The predicted octanol–water partition coefficient (Wildman–Crippen LogP) is 2.39. The monoisotopic (exact) mass is 334 g/mol. The van der Waals surface area contributed by atoms with Gasteiger partial charge < -0.3 is 10.6 Å². The number of carbonyl (C=O) groups excluding carboxylic acids is 3. The third-order valence-electron chi connectivity index (χ3n) is 2.97. The number of anilines is 1. The number of hydrogen-bond acceptors (Lipinski definition) is 4. The number of benzene rings is 1. The van der Waals surface area contributed by atoms with Crippen LogP contribution in [0.25, 0.3) is 0 Å². The molecule has 2 N–H and O–H groups in total. The van der Waals surface area contributed by atoms with Crippen LogP contribution >= 0.6 is 11.3 Å². The summed E-state index contributed by atoms with van der Waals surface area (Å²) in [5.41, 5.74) is 0.343. The Balaban J connectivity index is 1.78. The van der Waals surface area contributed by atoms with Gasteiger partial charge in [0, 0.05) is 17.1 Å². The lowest BCUT2D eigenvalue weighted by Crippen LogP contribution is -2.36. The van der Waals surface area contributed by atoms with E-state index < -0.39 is 17.6 Å². The normalized spacial score (nSPS) is 10.2. The summed E-state index contributed by atoms with van der Waals surface area (Å²) in [7, 11) is 0. The largest absolute Gasteiger partial charge is 0.347 e. The molecule has 2 amide bonds. The van der Waals surface area contributed by atoms with E-state index in [0.717, 1.165) is 4.88 Å². The Bertz CT molecular complexity index is 725. The molecule has 7 heteroatoms. The summed E-state index contributed by atoms with van der Waals surface area (Å²) in [5.74, 6) is -2.00. The Morgan fingerprint density at radius 3 is 2.35 bits per heavy atom. The van der Waals surface area contributed by atoms with Crippen LogP contribution in [0, 0.1) is 5.82 Å². The summed E-state index contributed by atoms with van der Waals surface area (Å²) in [4.78, 5) is 36.2. The van der Waals surface area contributed by atoms with Gasteiger partial charge in [0.05, 0.1) is 4.88 Å². The van der Waals surface area contributed by atoms with Crippen LogP contribution in [0.2, 0.25) is 0 Å². The number of thiophene rings is 1. The molecule has 0 bridgehead atoms. The minimum Gasteiger partial charge on any atom is -0.347 e. The minimum atomic E-state index is -0.813. The maximum absolute atomic E-state index is 12.7. The molecule has 0 unspecified atom stereocenters. The highest BCUT2D eigenvalue weighted by Gasteiger charge is 2.13. The van der Waals surface area contributed by atoms with Gasteiger partial charge in [-0.2, -0.15) is 0 Å². The van der Waals surface area contributed by atoms with E-state index in [0.29, 0.717) is 17.0 Å². The molecular weight excluding hydrogens is 319 g/mol. The van der Waals surface area contributed by atoms with Gasteiger partial charge in [-0.25, -0.2) is 4.39 Å². The molecule has 0 saturated carbocycles. The summed E-state index contributed by atoms with van der Waals surface area (Å²) in [6.45, 7) is 1.78. The SMILES string of the molecule is CC(=O)c1ccc(CCNC(=O)C(=O)Nc2ccc(F)cc2)s1. The van der Waals surface area contributed by atoms with Crippen LogP contribution in [0.5, 0.6) is 0 Å². The smallest absolute Gasteiger partial charge is 0.313 e. The molecule has 0 aliphatic carbocycles. The van der Waals surface area contributed by atoms with Gasteiger partial charge in [0.15, 0.2) is 5.78 Å². The fourth-order valence-corrected chi connectivity index (χ4v) is 2.70. The lowest BCUT2D eigenvalue weighted by molar-refractivity contribution is -0.136. The highest BCUT2D eigenvalue weighted by molar-refractivity contribution is 7.14. The Morgan fingerprint density at radius 2 is 1.74 bits per heavy atom. The van der Waals surface area contributed by atoms with E-state index in [1.807, 2.05) is 6.07 Å². The van der Waals surface area contributed by atoms with E-state index in [1.165, 1.54) is 42.5 Å². The van der Waals surface area contributed by atoms with Crippen LogP contribution in [0.3, 0.4) is 0 Å². The number of Topliss-reactive ketones (excluding diaryl/α,β-unsaturated/α-hetero) is 1. The first kappa shape index (κ1) is 16.8. The zero-order valence-electron chi connectivity index (χ0n) is 12.4. The number of rotatable bonds is 5. The molecular formula is C16H15FN2O3S.